The second-order valence-electron chi connectivity index (χ2n) is 9.38. The second-order valence-corrected chi connectivity index (χ2v) is 9.38. The lowest BCUT2D eigenvalue weighted by atomic mass is 9.93. The zero-order valence-electron chi connectivity index (χ0n) is 20.5. The molecule has 2 aromatic carbocycles. The molecule has 1 fully saturated rings. The van der Waals surface area contributed by atoms with E-state index in [-0.39, 0.29) is 11.4 Å². The fourth-order valence-corrected chi connectivity index (χ4v) is 4.99. The molecule has 0 atom stereocenters. The Balaban J connectivity index is 1.42. The van der Waals surface area contributed by atoms with E-state index in [0.717, 1.165) is 40.9 Å². The number of tetrazole rings is 1. The van der Waals surface area contributed by atoms with Gasteiger partial charge in [0.05, 0.1) is 19.7 Å². The van der Waals surface area contributed by atoms with Crippen molar-refractivity contribution in [2.45, 2.75) is 64.7 Å². The average molecular weight is 491 g/mol. The van der Waals surface area contributed by atoms with Crippen LogP contribution in [0.1, 0.15) is 56.0 Å². The summed E-state index contributed by atoms with van der Waals surface area (Å²) in [5.74, 6) is 1.24. The number of pyridine rings is 1. The maximum absolute atomic E-state index is 13.3. The maximum Gasteiger partial charge on any atom is 0.252 e. The van der Waals surface area contributed by atoms with E-state index in [1.165, 1.54) is 31.4 Å². The Bertz CT molecular complexity index is 1360. The quantitative estimate of drug-likeness (QED) is 0.373. The fraction of sp³-hybridized carbons (Fsp3) is 0.407. The van der Waals surface area contributed by atoms with Crippen LogP contribution in [0.3, 0.4) is 0 Å². The van der Waals surface area contributed by atoms with Crippen molar-refractivity contribution in [1.29, 1.82) is 0 Å². The molecule has 4 aromatic rings. The molecule has 2 heterocycles. The smallest absolute Gasteiger partial charge is 0.252 e. The topological polar surface area (TPSA) is 88.9 Å². The van der Waals surface area contributed by atoms with Crippen molar-refractivity contribution in [3.63, 3.8) is 0 Å². The molecule has 1 saturated carbocycles. The van der Waals surface area contributed by atoms with Crippen molar-refractivity contribution < 1.29 is 9.13 Å². The van der Waals surface area contributed by atoms with Gasteiger partial charge in [0.25, 0.3) is 5.56 Å². The van der Waals surface area contributed by atoms with Crippen LogP contribution < -0.4 is 10.3 Å². The van der Waals surface area contributed by atoms with E-state index >= 15 is 0 Å². The van der Waals surface area contributed by atoms with Gasteiger partial charge in [-0.15, -0.1) is 5.10 Å². The molecule has 9 heteroatoms. The Kier molecular flexibility index (Phi) is 7.36. The van der Waals surface area contributed by atoms with Crippen LogP contribution in [-0.2, 0) is 19.6 Å². The van der Waals surface area contributed by atoms with Gasteiger partial charge in [0, 0.05) is 29.1 Å². The number of ether oxygens (including phenoxy) is 1. The summed E-state index contributed by atoms with van der Waals surface area (Å²) in [5.41, 5.74) is 2.34. The molecule has 0 bridgehead atoms. The number of halogens is 1. The zero-order chi connectivity index (χ0) is 24.9. The largest absolute Gasteiger partial charge is 0.494 e. The highest BCUT2D eigenvalue weighted by atomic mass is 19.1. The Labute approximate surface area is 209 Å². The third-order valence-electron chi connectivity index (χ3n) is 6.86. The van der Waals surface area contributed by atoms with Gasteiger partial charge < -0.3 is 9.72 Å². The molecule has 1 aliphatic carbocycles. The van der Waals surface area contributed by atoms with Gasteiger partial charge in [-0.05, 0) is 72.2 Å². The molecular formula is C27H31FN6O2. The van der Waals surface area contributed by atoms with Crippen LogP contribution in [0.25, 0.3) is 10.9 Å². The first-order valence-electron chi connectivity index (χ1n) is 12.6. The molecule has 0 unspecified atom stereocenters. The minimum atomic E-state index is -0.270. The number of aromatic amines is 1. The van der Waals surface area contributed by atoms with E-state index < -0.39 is 0 Å². The summed E-state index contributed by atoms with van der Waals surface area (Å²) in [6.07, 6.45) is 5.75. The van der Waals surface area contributed by atoms with Crippen LogP contribution in [0, 0.1) is 5.82 Å². The first kappa shape index (κ1) is 24.1. The summed E-state index contributed by atoms with van der Waals surface area (Å²) in [7, 11) is 0. The van der Waals surface area contributed by atoms with Crippen molar-refractivity contribution in [1.82, 2.24) is 30.1 Å². The Morgan fingerprint density at radius 2 is 1.89 bits per heavy atom. The molecule has 36 heavy (non-hydrogen) atoms. The summed E-state index contributed by atoms with van der Waals surface area (Å²) >= 11 is 0. The predicted molar refractivity (Wildman–Crippen MR) is 135 cm³/mol. The van der Waals surface area contributed by atoms with Crippen molar-refractivity contribution in [3.8, 4) is 5.75 Å². The number of hydrogen-bond donors (Lipinski definition) is 1. The molecule has 2 aromatic heterocycles. The summed E-state index contributed by atoms with van der Waals surface area (Å²) in [6.45, 7) is 4.02. The van der Waals surface area contributed by atoms with Gasteiger partial charge in [-0.2, -0.15) is 0 Å². The van der Waals surface area contributed by atoms with Gasteiger partial charge in [0.2, 0.25) is 0 Å². The third-order valence-corrected chi connectivity index (χ3v) is 6.86. The van der Waals surface area contributed by atoms with Gasteiger partial charge in [0.15, 0.2) is 5.82 Å². The van der Waals surface area contributed by atoms with Crippen LogP contribution in [0.2, 0.25) is 0 Å². The lowest BCUT2D eigenvalue weighted by Crippen LogP contribution is -2.38. The Morgan fingerprint density at radius 3 is 2.67 bits per heavy atom. The molecule has 1 N–H and O–H groups in total. The fourth-order valence-electron chi connectivity index (χ4n) is 4.99. The minimum absolute atomic E-state index is 0.0848. The number of aromatic nitrogens is 5. The summed E-state index contributed by atoms with van der Waals surface area (Å²) in [5, 5.41) is 13.3. The zero-order valence-corrected chi connectivity index (χ0v) is 20.5. The number of rotatable bonds is 9. The molecule has 0 radical (unpaired) electrons. The molecule has 5 rings (SSSR count). The van der Waals surface area contributed by atoms with E-state index in [9.17, 15) is 9.18 Å². The Hall–Kier alpha value is -3.59. The number of fused-ring (bicyclic) bond motifs is 1. The lowest BCUT2D eigenvalue weighted by Gasteiger charge is -2.33. The number of nitrogens with one attached hydrogen (secondary N) is 1. The van der Waals surface area contributed by atoms with Crippen LogP contribution in [0.4, 0.5) is 4.39 Å². The first-order chi connectivity index (χ1) is 17.6. The molecule has 0 amide bonds. The Morgan fingerprint density at radius 1 is 1.08 bits per heavy atom. The third kappa shape index (κ3) is 5.62. The van der Waals surface area contributed by atoms with E-state index in [1.54, 1.807) is 16.8 Å². The van der Waals surface area contributed by atoms with Gasteiger partial charge in [-0.1, -0.05) is 31.4 Å². The van der Waals surface area contributed by atoms with Gasteiger partial charge in [0.1, 0.15) is 11.6 Å². The van der Waals surface area contributed by atoms with Crippen molar-refractivity contribution in [3.05, 3.63) is 81.7 Å². The van der Waals surface area contributed by atoms with Crippen molar-refractivity contribution >= 4 is 10.9 Å². The highest BCUT2D eigenvalue weighted by Crippen LogP contribution is 2.26. The molecule has 188 valence electrons. The standard InChI is InChI=1S/C27H31FN6O2/c1-2-36-24-12-13-25-20(15-24)14-21(27(35)29-25)17-33(23-6-4-3-5-7-23)18-26-30-31-32-34(26)16-19-8-10-22(28)11-9-19/h8-15,23H,2-7,16-18H2,1H3,(H,29,35). The van der Waals surface area contributed by atoms with Crippen molar-refractivity contribution in [2.75, 3.05) is 6.61 Å². The number of benzene rings is 2. The molecule has 8 nitrogen and oxygen atoms in total. The SMILES string of the molecule is CCOc1ccc2[nH]c(=O)c(CN(Cc3nnnn3Cc3ccc(F)cc3)C3CCCCC3)cc2c1. The summed E-state index contributed by atoms with van der Waals surface area (Å²) < 4.78 is 20.7. The molecule has 1 aliphatic rings. The van der Waals surface area contributed by atoms with E-state index in [1.807, 2.05) is 31.2 Å². The number of nitrogens with zero attached hydrogens (tertiary/aromatic N) is 5. The van der Waals surface area contributed by atoms with Crippen LogP contribution in [0.15, 0.2) is 53.3 Å². The minimum Gasteiger partial charge on any atom is -0.494 e. The monoisotopic (exact) mass is 490 g/mol. The van der Waals surface area contributed by atoms with Gasteiger partial charge in [-0.25, -0.2) is 9.07 Å². The van der Waals surface area contributed by atoms with Crippen LogP contribution in [0.5, 0.6) is 5.75 Å². The normalized spacial score (nSPS) is 14.5. The highest BCUT2D eigenvalue weighted by Gasteiger charge is 2.24. The van der Waals surface area contributed by atoms with Gasteiger partial charge >= 0.3 is 0 Å². The number of hydrogen-bond acceptors (Lipinski definition) is 6. The number of H-pyrrole nitrogens is 1. The lowest BCUT2D eigenvalue weighted by molar-refractivity contribution is 0.134. The highest BCUT2D eigenvalue weighted by molar-refractivity contribution is 5.80. The van der Waals surface area contributed by atoms with Crippen molar-refractivity contribution in [2.24, 2.45) is 0 Å². The molecule has 0 aliphatic heterocycles. The predicted octanol–water partition coefficient (Wildman–Crippen LogP) is 4.44. The second kappa shape index (κ2) is 11.0. The van der Waals surface area contributed by atoms with Gasteiger partial charge in [-0.3, -0.25) is 9.69 Å². The van der Waals surface area contributed by atoms with Crippen LogP contribution >= 0.6 is 0 Å². The molecule has 0 saturated heterocycles. The molecule has 0 spiro atoms. The van der Waals surface area contributed by atoms with Crippen LogP contribution in [-0.4, -0.2) is 42.7 Å². The summed E-state index contributed by atoms with van der Waals surface area (Å²) in [4.78, 5) is 18.4. The molecular weight excluding hydrogens is 459 g/mol. The first-order valence-corrected chi connectivity index (χ1v) is 12.6. The summed E-state index contributed by atoms with van der Waals surface area (Å²) in [6, 6.07) is 14.4. The van der Waals surface area contributed by atoms with E-state index in [2.05, 4.69) is 25.4 Å². The van der Waals surface area contributed by atoms with E-state index in [4.69, 9.17) is 4.74 Å². The van der Waals surface area contributed by atoms with E-state index in [0.29, 0.717) is 37.8 Å². The average Bonchev–Trinajstić information content (AvgIpc) is 3.32. The maximum atomic E-state index is 13.3.